The number of carbonyl (C=O) groups excluding carboxylic acids is 1. The van der Waals surface area contributed by atoms with Crippen LogP contribution in [0.25, 0.3) is 10.2 Å². The minimum absolute atomic E-state index is 0.136. The molecule has 2 aromatic heterocycles. The fraction of sp³-hybridized carbons (Fsp3) is 0.435. The van der Waals surface area contributed by atoms with Crippen LogP contribution >= 0.6 is 11.3 Å². The number of hydrogen-bond acceptors (Lipinski definition) is 7. The molecule has 2 atom stereocenters. The van der Waals surface area contributed by atoms with Crippen LogP contribution in [0.1, 0.15) is 26.3 Å². The van der Waals surface area contributed by atoms with Crippen LogP contribution in [0.5, 0.6) is 0 Å². The van der Waals surface area contributed by atoms with E-state index in [1.807, 2.05) is 49.9 Å². The van der Waals surface area contributed by atoms with Crippen molar-refractivity contribution in [3.05, 3.63) is 47.9 Å². The number of piperazine rings is 1. The predicted molar refractivity (Wildman–Crippen MR) is 129 cm³/mol. The molecule has 0 radical (unpaired) electrons. The molecule has 1 aliphatic rings. The fourth-order valence-electron chi connectivity index (χ4n) is 3.69. The highest BCUT2D eigenvalue weighted by Gasteiger charge is 2.30. The van der Waals surface area contributed by atoms with Crippen molar-refractivity contribution in [1.29, 1.82) is 0 Å². The van der Waals surface area contributed by atoms with E-state index in [1.54, 1.807) is 4.90 Å². The van der Waals surface area contributed by atoms with Crippen LogP contribution < -0.4 is 10.2 Å². The number of carbonyl (C=O) groups is 1. The van der Waals surface area contributed by atoms with Crippen LogP contribution in [0.4, 0.5) is 20.1 Å². The third-order valence-electron chi connectivity index (χ3n) is 5.26. The number of nitrogens with zero attached hydrogens (tertiary/aromatic N) is 4. The van der Waals surface area contributed by atoms with Crippen molar-refractivity contribution < 1.29 is 19.4 Å². The number of halogens is 1. The first-order valence-corrected chi connectivity index (χ1v) is 11.9. The molecule has 0 aliphatic carbocycles. The van der Waals surface area contributed by atoms with E-state index in [1.165, 1.54) is 23.6 Å². The molecule has 0 saturated carbocycles. The van der Waals surface area contributed by atoms with E-state index < -0.39 is 11.9 Å². The van der Waals surface area contributed by atoms with E-state index in [-0.39, 0.29) is 30.9 Å². The van der Waals surface area contributed by atoms with Gasteiger partial charge in [0.05, 0.1) is 22.9 Å². The lowest BCUT2D eigenvalue weighted by Gasteiger charge is -2.40. The molecule has 33 heavy (non-hydrogen) atoms. The van der Waals surface area contributed by atoms with Gasteiger partial charge in [-0.05, 0) is 30.7 Å². The van der Waals surface area contributed by atoms with Crippen molar-refractivity contribution >= 4 is 38.5 Å². The molecular weight excluding hydrogens is 445 g/mol. The Morgan fingerprint density at radius 3 is 2.76 bits per heavy atom. The summed E-state index contributed by atoms with van der Waals surface area (Å²) in [7, 11) is 0. The summed E-state index contributed by atoms with van der Waals surface area (Å²) in [5.74, 6) is -0.262. The Morgan fingerprint density at radius 2 is 2.09 bits per heavy atom. The van der Waals surface area contributed by atoms with E-state index in [0.717, 1.165) is 10.2 Å². The molecule has 1 unspecified atom stereocenters. The van der Waals surface area contributed by atoms with E-state index in [9.17, 15) is 14.3 Å². The summed E-state index contributed by atoms with van der Waals surface area (Å²) in [6.07, 6.45) is 0.704. The maximum Gasteiger partial charge on any atom is 0.324 e. The summed E-state index contributed by atoms with van der Waals surface area (Å²) in [5.41, 5.74) is 1.36. The zero-order valence-electron chi connectivity index (χ0n) is 19.0. The molecule has 1 aromatic carbocycles. The third-order valence-corrected chi connectivity index (χ3v) is 6.21. The smallest absolute Gasteiger partial charge is 0.324 e. The SMILES string of the molecule is CC.CC1CN(c2ncc(C[C@H](O)CO)cc2F)CCN1C(=O)Nc1nc2ccccc2s1. The van der Waals surface area contributed by atoms with Gasteiger partial charge in [0.15, 0.2) is 16.8 Å². The maximum atomic E-state index is 14.6. The molecule has 10 heteroatoms. The molecule has 178 valence electrons. The van der Waals surface area contributed by atoms with E-state index >= 15 is 0 Å². The van der Waals surface area contributed by atoms with Crippen LogP contribution in [0, 0.1) is 5.82 Å². The van der Waals surface area contributed by atoms with Gasteiger partial charge in [-0.2, -0.15) is 0 Å². The molecule has 2 amide bonds. The number of thiazole rings is 1. The molecule has 1 saturated heterocycles. The van der Waals surface area contributed by atoms with Gasteiger partial charge in [0.2, 0.25) is 0 Å². The highest BCUT2D eigenvalue weighted by atomic mass is 32.1. The number of aliphatic hydroxyl groups is 2. The summed E-state index contributed by atoms with van der Waals surface area (Å²) >= 11 is 1.42. The first-order valence-electron chi connectivity index (χ1n) is 11.1. The number of para-hydroxylation sites is 1. The fourth-order valence-corrected chi connectivity index (χ4v) is 4.55. The van der Waals surface area contributed by atoms with Crippen molar-refractivity contribution in [2.75, 3.05) is 36.5 Å². The first kappa shape index (κ1) is 24.8. The number of fused-ring (bicyclic) bond motifs is 1. The number of pyridine rings is 1. The molecule has 3 aromatic rings. The summed E-state index contributed by atoms with van der Waals surface area (Å²) in [6.45, 7) is 6.83. The lowest BCUT2D eigenvalue weighted by atomic mass is 10.1. The molecule has 1 aliphatic heterocycles. The summed E-state index contributed by atoms with van der Waals surface area (Å²) in [4.78, 5) is 25.0. The number of urea groups is 1. The lowest BCUT2D eigenvalue weighted by Crippen LogP contribution is -2.55. The summed E-state index contributed by atoms with van der Waals surface area (Å²) < 4.78 is 15.6. The molecule has 0 spiro atoms. The molecule has 8 nitrogen and oxygen atoms in total. The largest absolute Gasteiger partial charge is 0.394 e. The second-order valence-corrected chi connectivity index (χ2v) is 8.63. The minimum Gasteiger partial charge on any atom is -0.394 e. The Kier molecular flexibility index (Phi) is 8.54. The van der Waals surface area contributed by atoms with Crippen molar-refractivity contribution in [3.8, 4) is 0 Å². The predicted octanol–water partition coefficient (Wildman–Crippen LogP) is 3.49. The number of nitrogens with one attached hydrogen (secondary N) is 1. The van der Waals surface area contributed by atoms with E-state index in [4.69, 9.17) is 5.11 Å². The average Bonchev–Trinajstić information content (AvgIpc) is 3.22. The van der Waals surface area contributed by atoms with E-state index in [2.05, 4.69) is 15.3 Å². The van der Waals surface area contributed by atoms with Gasteiger partial charge >= 0.3 is 6.03 Å². The van der Waals surface area contributed by atoms with Gasteiger partial charge in [-0.25, -0.2) is 19.2 Å². The van der Waals surface area contributed by atoms with Crippen molar-refractivity contribution in [3.63, 3.8) is 0 Å². The Morgan fingerprint density at radius 1 is 1.33 bits per heavy atom. The summed E-state index contributed by atoms with van der Waals surface area (Å²) in [5, 5.41) is 21.9. The number of benzene rings is 1. The molecule has 0 bridgehead atoms. The second-order valence-electron chi connectivity index (χ2n) is 7.59. The zero-order valence-corrected chi connectivity index (χ0v) is 19.8. The van der Waals surface area contributed by atoms with Gasteiger partial charge in [-0.3, -0.25) is 5.32 Å². The highest BCUT2D eigenvalue weighted by Crippen LogP contribution is 2.26. The molecule has 3 heterocycles. The van der Waals surface area contributed by atoms with Gasteiger partial charge in [0.25, 0.3) is 0 Å². The minimum atomic E-state index is -0.940. The van der Waals surface area contributed by atoms with Gasteiger partial charge in [-0.1, -0.05) is 37.3 Å². The number of hydrogen-bond donors (Lipinski definition) is 3. The number of aliphatic hydroxyl groups excluding tert-OH is 2. The molecule has 1 fully saturated rings. The number of amides is 2. The number of rotatable bonds is 5. The van der Waals surface area contributed by atoms with Gasteiger partial charge in [0.1, 0.15) is 0 Å². The second kappa shape index (κ2) is 11.4. The Labute approximate surface area is 196 Å². The van der Waals surface area contributed by atoms with Crippen molar-refractivity contribution in [2.45, 2.75) is 39.3 Å². The standard InChI is InChI=1S/C21H24FN5O3S.C2H6/c1-13-11-26(19-16(22)9-14(10-23-19)8-15(29)12-28)6-7-27(13)21(30)25-20-24-17-4-2-3-5-18(17)31-20;1-2/h2-5,9-10,13,15,28-29H,6-8,11-12H2,1H3,(H,24,25,30);1-2H3/t13?,15-;/m0./s1. The van der Waals surface area contributed by atoms with Gasteiger partial charge < -0.3 is 20.0 Å². The highest BCUT2D eigenvalue weighted by molar-refractivity contribution is 7.22. The zero-order chi connectivity index (χ0) is 24.0. The quantitative estimate of drug-likeness (QED) is 0.522. The van der Waals surface area contributed by atoms with Crippen molar-refractivity contribution in [1.82, 2.24) is 14.9 Å². The average molecular weight is 476 g/mol. The summed E-state index contributed by atoms with van der Waals surface area (Å²) in [6, 6.07) is 8.65. The Hall–Kier alpha value is -2.82. The van der Waals surface area contributed by atoms with E-state index in [0.29, 0.717) is 30.3 Å². The number of anilines is 2. The van der Waals surface area contributed by atoms with Gasteiger partial charge in [0, 0.05) is 38.3 Å². The molecular formula is C23H30FN5O3S. The topological polar surface area (TPSA) is 102 Å². The maximum absolute atomic E-state index is 14.6. The Balaban J connectivity index is 0.00000149. The monoisotopic (exact) mass is 475 g/mol. The van der Waals surface area contributed by atoms with Crippen LogP contribution in [-0.2, 0) is 6.42 Å². The van der Waals surface area contributed by atoms with Crippen LogP contribution in [0.15, 0.2) is 36.5 Å². The van der Waals surface area contributed by atoms with Crippen molar-refractivity contribution in [2.24, 2.45) is 0 Å². The Bertz CT molecular complexity index is 1050. The molecule has 4 rings (SSSR count). The lowest BCUT2D eigenvalue weighted by molar-refractivity contribution is 0.0954. The van der Waals surface area contributed by atoms with Crippen LogP contribution in [-0.4, -0.2) is 69.5 Å². The molecule has 3 N–H and O–H groups in total. The van der Waals surface area contributed by atoms with Crippen LogP contribution in [0.2, 0.25) is 0 Å². The van der Waals surface area contributed by atoms with Gasteiger partial charge in [-0.15, -0.1) is 0 Å². The first-order chi connectivity index (χ1) is 15.9. The van der Waals surface area contributed by atoms with Crippen LogP contribution in [0.3, 0.4) is 0 Å². The number of aromatic nitrogens is 2. The normalized spacial score (nSPS) is 16.8. The third kappa shape index (κ3) is 5.95.